The summed E-state index contributed by atoms with van der Waals surface area (Å²) < 4.78 is 38.2. The van der Waals surface area contributed by atoms with Crippen LogP contribution in [0.25, 0.3) is 0 Å². The fourth-order valence-corrected chi connectivity index (χ4v) is 5.80. The van der Waals surface area contributed by atoms with Crippen molar-refractivity contribution in [1.82, 2.24) is 10.0 Å². The summed E-state index contributed by atoms with van der Waals surface area (Å²) in [7, 11) is -2.36. The van der Waals surface area contributed by atoms with Crippen molar-refractivity contribution in [2.24, 2.45) is 0 Å². The lowest BCUT2D eigenvalue weighted by Crippen LogP contribution is -2.55. The minimum absolute atomic E-state index is 0.0780. The fraction of sp³-hybridized carbons (Fsp3) is 0.261. The summed E-state index contributed by atoms with van der Waals surface area (Å²) >= 11 is 1.09. The molecule has 3 N–H and O–H groups in total. The predicted octanol–water partition coefficient (Wildman–Crippen LogP) is 2.20. The molecular formula is C23H25N3O6S2. The smallest absolute Gasteiger partial charge is 0.253 e. The van der Waals surface area contributed by atoms with Crippen LogP contribution < -0.4 is 24.4 Å². The molecule has 0 bridgehead atoms. The number of fused-ring (bicyclic) bond motifs is 1. The molecule has 180 valence electrons. The molecule has 1 amide bonds. The minimum atomic E-state index is -3.96. The van der Waals surface area contributed by atoms with Crippen molar-refractivity contribution in [2.45, 2.75) is 29.9 Å². The van der Waals surface area contributed by atoms with E-state index in [0.29, 0.717) is 17.2 Å². The number of sulfonamides is 1. The van der Waals surface area contributed by atoms with Crippen molar-refractivity contribution in [1.29, 1.82) is 0 Å². The molecule has 0 radical (unpaired) electrons. The number of rotatable bonds is 9. The van der Waals surface area contributed by atoms with Gasteiger partial charge in [-0.1, -0.05) is 30.3 Å². The van der Waals surface area contributed by atoms with Gasteiger partial charge in [0.05, 0.1) is 6.04 Å². The summed E-state index contributed by atoms with van der Waals surface area (Å²) in [4.78, 5) is 15.7. The molecule has 0 fully saturated rings. The number of aryl methyl sites for hydroxylation is 1. The third kappa shape index (κ3) is 5.57. The van der Waals surface area contributed by atoms with Gasteiger partial charge in [0.25, 0.3) is 10.0 Å². The van der Waals surface area contributed by atoms with Crippen LogP contribution in [-0.4, -0.2) is 45.7 Å². The molecule has 2 atom stereocenters. The number of carbonyl (C=O) groups is 1. The number of ether oxygens (including phenoxy) is 2. The fourth-order valence-electron chi connectivity index (χ4n) is 3.51. The van der Waals surface area contributed by atoms with Crippen LogP contribution in [0.5, 0.6) is 11.5 Å². The van der Waals surface area contributed by atoms with Gasteiger partial charge in [-0.15, -0.1) is 11.3 Å². The Labute approximate surface area is 202 Å². The van der Waals surface area contributed by atoms with E-state index in [-0.39, 0.29) is 23.3 Å². The quantitative estimate of drug-likeness (QED) is 0.383. The highest BCUT2D eigenvalue weighted by molar-refractivity contribution is 7.91. The second-order valence-corrected chi connectivity index (χ2v) is 11.0. The summed E-state index contributed by atoms with van der Waals surface area (Å²) in [5.41, 5.74) is 1.41. The molecule has 2 aromatic carbocycles. The molecule has 2 heterocycles. The van der Waals surface area contributed by atoms with Crippen LogP contribution in [0.3, 0.4) is 0 Å². The number of nitrogens with zero attached hydrogens (tertiary/aromatic N) is 1. The third-order valence-electron chi connectivity index (χ3n) is 5.26. The van der Waals surface area contributed by atoms with Crippen molar-refractivity contribution in [3.63, 3.8) is 0 Å². The highest BCUT2D eigenvalue weighted by Gasteiger charge is 2.29. The van der Waals surface area contributed by atoms with Gasteiger partial charge in [-0.3, -0.25) is 10.1 Å². The van der Waals surface area contributed by atoms with E-state index in [0.717, 1.165) is 21.8 Å². The SMILES string of the molecule is Cc1ccc(S(=O)(=O)NC(O)N[C@@H](Cc2ccccc2)C(=O)N(C)c2ccc3c(c2)OCO3)s1. The molecule has 0 spiro atoms. The van der Waals surface area contributed by atoms with Gasteiger partial charge >= 0.3 is 0 Å². The molecule has 0 saturated heterocycles. The van der Waals surface area contributed by atoms with E-state index in [9.17, 15) is 18.3 Å². The molecule has 11 heteroatoms. The Bertz CT molecular complexity index is 1260. The monoisotopic (exact) mass is 503 g/mol. The topological polar surface area (TPSA) is 117 Å². The maximum Gasteiger partial charge on any atom is 0.253 e. The van der Waals surface area contributed by atoms with Gasteiger partial charge in [0.1, 0.15) is 4.21 Å². The molecule has 0 saturated carbocycles. The Balaban J connectivity index is 1.53. The van der Waals surface area contributed by atoms with Gasteiger partial charge in [0, 0.05) is 23.7 Å². The number of hydrogen-bond acceptors (Lipinski definition) is 8. The lowest BCUT2D eigenvalue weighted by atomic mass is 10.0. The van der Waals surface area contributed by atoms with E-state index in [1.54, 1.807) is 38.2 Å². The molecule has 0 aliphatic carbocycles. The van der Waals surface area contributed by atoms with E-state index >= 15 is 0 Å². The summed E-state index contributed by atoms with van der Waals surface area (Å²) in [5, 5.41) is 13.2. The lowest BCUT2D eigenvalue weighted by molar-refractivity contribution is -0.121. The largest absolute Gasteiger partial charge is 0.454 e. The average Bonchev–Trinajstić information content (AvgIpc) is 3.46. The van der Waals surface area contributed by atoms with Crippen molar-refractivity contribution < 1.29 is 27.8 Å². The number of amides is 1. The highest BCUT2D eigenvalue weighted by atomic mass is 32.2. The van der Waals surface area contributed by atoms with Crippen LogP contribution >= 0.6 is 11.3 Å². The van der Waals surface area contributed by atoms with Crippen molar-refractivity contribution in [2.75, 3.05) is 18.7 Å². The van der Waals surface area contributed by atoms with Crippen LogP contribution in [0.15, 0.2) is 64.9 Å². The van der Waals surface area contributed by atoms with E-state index in [2.05, 4.69) is 10.0 Å². The summed E-state index contributed by atoms with van der Waals surface area (Å²) in [6, 6.07) is 16.6. The molecular weight excluding hydrogens is 478 g/mol. The Hall–Kier alpha value is -2.96. The van der Waals surface area contributed by atoms with Gasteiger partial charge in [-0.05, 0) is 43.2 Å². The maximum atomic E-state index is 13.4. The van der Waals surface area contributed by atoms with Crippen LogP contribution in [0.1, 0.15) is 10.4 Å². The summed E-state index contributed by atoms with van der Waals surface area (Å²) in [5.74, 6) is 0.758. The van der Waals surface area contributed by atoms with E-state index in [1.807, 2.05) is 30.3 Å². The standard InChI is InChI=1S/C23H25N3O6S2/c1-15-8-11-21(33-15)34(29,30)25-23(28)24-18(12-16-6-4-3-5-7-16)22(27)26(2)17-9-10-19-20(13-17)32-14-31-19/h3-11,13,18,23-25,28H,12,14H2,1-2H3/t18-,23?/m0/s1. The van der Waals surface area contributed by atoms with Crippen LogP contribution in [0, 0.1) is 6.92 Å². The number of thiophene rings is 1. The first-order valence-corrected chi connectivity index (χ1v) is 12.8. The third-order valence-corrected chi connectivity index (χ3v) is 8.16. The Kier molecular flexibility index (Phi) is 7.19. The average molecular weight is 504 g/mol. The number of hydrogen-bond donors (Lipinski definition) is 3. The molecule has 1 aliphatic rings. The zero-order valence-electron chi connectivity index (χ0n) is 18.6. The maximum absolute atomic E-state index is 13.4. The van der Waals surface area contributed by atoms with Gasteiger partial charge < -0.3 is 19.5 Å². The summed E-state index contributed by atoms with van der Waals surface area (Å²) in [6.07, 6.45) is -1.46. The first-order valence-electron chi connectivity index (χ1n) is 10.5. The molecule has 3 aromatic rings. The number of aliphatic hydroxyl groups is 1. The number of nitrogens with one attached hydrogen (secondary N) is 2. The second kappa shape index (κ2) is 10.1. The molecule has 1 unspecified atom stereocenters. The molecule has 1 aliphatic heterocycles. The Morgan fingerprint density at radius 2 is 1.85 bits per heavy atom. The number of aliphatic hydroxyl groups excluding tert-OH is 1. The Morgan fingerprint density at radius 1 is 1.12 bits per heavy atom. The number of benzene rings is 2. The van der Waals surface area contributed by atoms with Crippen molar-refractivity contribution in [3.8, 4) is 11.5 Å². The second-order valence-electron chi connectivity index (χ2n) is 7.73. The van der Waals surface area contributed by atoms with Crippen molar-refractivity contribution >= 4 is 33.0 Å². The zero-order chi connectivity index (χ0) is 24.3. The van der Waals surface area contributed by atoms with Crippen LogP contribution in [-0.2, 0) is 21.2 Å². The molecule has 1 aromatic heterocycles. The molecule has 34 heavy (non-hydrogen) atoms. The van der Waals surface area contributed by atoms with Gasteiger partial charge in [0.2, 0.25) is 12.7 Å². The molecule has 4 rings (SSSR count). The highest BCUT2D eigenvalue weighted by Crippen LogP contribution is 2.35. The van der Waals surface area contributed by atoms with Crippen LogP contribution in [0.4, 0.5) is 5.69 Å². The van der Waals surface area contributed by atoms with Crippen LogP contribution in [0.2, 0.25) is 0 Å². The van der Waals surface area contributed by atoms with Crippen molar-refractivity contribution in [3.05, 3.63) is 71.1 Å². The Morgan fingerprint density at radius 3 is 2.56 bits per heavy atom. The van der Waals surface area contributed by atoms with Gasteiger partial charge in [-0.2, -0.15) is 4.72 Å². The summed E-state index contributed by atoms with van der Waals surface area (Å²) in [6.45, 7) is 1.91. The first kappa shape index (κ1) is 24.2. The minimum Gasteiger partial charge on any atom is -0.454 e. The zero-order valence-corrected chi connectivity index (χ0v) is 20.2. The first-order chi connectivity index (χ1) is 16.2. The normalized spacial score (nSPS) is 14.6. The molecule has 9 nitrogen and oxygen atoms in total. The van der Waals surface area contributed by atoms with Gasteiger partial charge in [0.15, 0.2) is 17.9 Å². The number of carbonyl (C=O) groups excluding carboxylic acids is 1. The van der Waals surface area contributed by atoms with E-state index in [4.69, 9.17) is 9.47 Å². The number of anilines is 1. The van der Waals surface area contributed by atoms with E-state index in [1.165, 1.54) is 11.0 Å². The number of likely N-dealkylation sites (N-methyl/N-ethyl adjacent to an activating group) is 1. The predicted molar refractivity (Wildman–Crippen MR) is 128 cm³/mol. The van der Waals surface area contributed by atoms with Gasteiger partial charge in [-0.25, -0.2) is 8.42 Å². The van der Waals surface area contributed by atoms with E-state index < -0.39 is 22.4 Å². The lowest BCUT2D eigenvalue weighted by Gasteiger charge is -2.27.